The lowest BCUT2D eigenvalue weighted by Crippen LogP contribution is -2.26. The number of methoxy groups -OCH3 is 1. The third-order valence-electron chi connectivity index (χ3n) is 2.02. The van der Waals surface area contributed by atoms with Crippen molar-refractivity contribution < 1.29 is 4.74 Å². The van der Waals surface area contributed by atoms with E-state index in [4.69, 9.17) is 4.74 Å². The number of anilines is 1. The van der Waals surface area contributed by atoms with Gasteiger partial charge < -0.3 is 9.64 Å². The summed E-state index contributed by atoms with van der Waals surface area (Å²) in [4.78, 5) is 6.42. The monoisotopic (exact) mass is 258 g/mol. The van der Waals surface area contributed by atoms with Gasteiger partial charge in [0.05, 0.1) is 18.5 Å². The van der Waals surface area contributed by atoms with E-state index in [1.54, 1.807) is 7.11 Å². The molecule has 0 N–H and O–H groups in total. The summed E-state index contributed by atoms with van der Waals surface area (Å²) in [5, 5.41) is 0. The third kappa shape index (κ3) is 3.27. The Morgan fingerprint density at radius 2 is 2.29 bits per heavy atom. The zero-order valence-corrected chi connectivity index (χ0v) is 10.1. The fraction of sp³-hybridized carbons (Fsp3) is 0.500. The summed E-state index contributed by atoms with van der Waals surface area (Å²) < 4.78 is 5.91. The number of hydrogen-bond acceptors (Lipinski definition) is 3. The van der Waals surface area contributed by atoms with Crippen molar-refractivity contribution in [3.8, 4) is 0 Å². The van der Waals surface area contributed by atoms with Gasteiger partial charge in [0, 0.05) is 20.2 Å². The van der Waals surface area contributed by atoms with Crippen LogP contribution in [-0.2, 0) is 4.74 Å². The third-order valence-corrected chi connectivity index (χ3v) is 2.49. The number of pyridine rings is 1. The predicted molar refractivity (Wildman–Crippen MR) is 61.7 cm³/mol. The summed E-state index contributed by atoms with van der Waals surface area (Å²) in [6, 6.07) is 4.00. The van der Waals surface area contributed by atoms with E-state index < -0.39 is 0 Å². The van der Waals surface area contributed by atoms with E-state index in [1.807, 2.05) is 12.3 Å². The van der Waals surface area contributed by atoms with Gasteiger partial charge in [-0.1, -0.05) is 0 Å². The summed E-state index contributed by atoms with van der Waals surface area (Å²) >= 11 is 3.31. The number of likely N-dealkylation sites (N-methyl/N-ethyl adjacent to an activating group) is 1. The highest BCUT2D eigenvalue weighted by Gasteiger charge is 2.03. The average molecular weight is 259 g/mol. The Labute approximate surface area is 93.2 Å². The quantitative estimate of drug-likeness (QED) is 0.759. The van der Waals surface area contributed by atoms with E-state index in [9.17, 15) is 0 Å². The van der Waals surface area contributed by atoms with Gasteiger partial charge in [-0.15, -0.1) is 0 Å². The molecule has 0 aliphatic carbocycles. The van der Waals surface area contributed by atoms with Gasteiger partial charge in [-0.25, -0.2) is 4.98 Å². The first-order chi connectivity index (χ1) is 6.77. The molecule has 0 amide bonds. The summed E-state index contributed by atoms with van der Waals surface area (Å²) in [7, 11) is 1.72. The standard InChI is InChI=1S/C10H15BrN2O/c1-3-13(6-7-14-2)9-4-5-10(11)12-8-9/h4-5,8H,3,6-7H2,1-2H3. The van der Waals surface area contributed by atoms with Gasteiger partial charge in [0.1, 0.15) is 4.60 Å². The molecule has 1 rings (SSSR count). The van der Waals surface area contributed by atoms with Crippen LogP contribution in [0.2, 0.25) is 0 Å². The SMILES string of the molecule is CCN(CCOC)c1ccc(Br)nc1. The van der Waals surface area contributed by atoms with E-state index in [-0.39, 0.29) is 0 Å². The fourth-order valence-electron chi connectivity index (χ4n) is 1.23. The first-order valence-electron chi connectivity index (χ1n) is 4.63. The fourth-order valence-corrected chi connectivity index (χ4v) is 1.46. The molecule has 0 radical (unpaired) electrons. The highest BCUT2D eigenvalue weighted by molar-refractivity contribution is 9.10. The molecule has 0 unspecified atom stereocenters. The molecular formula is C10H15BrN2O. The molecule has 0 saturated carbocycles. The number of halogens is 1. The largest absolute Gasteiger partial charge is 0.383 e. The number of hydrogen-bond donors (Lipinski definition) is 0. The van der Waals surface area contributed by atoms with Crippen molar-refractivity contribution in [3.63, 3.8) is 0 Å². The van der Waals surface area contributed by atoms with E-state index in [0.29, 0.717) is 0 Å². The molecule has 0 spiro atoms. The summed E-state index contributed by atoms with van der Waals surface area (Å²) in [6.07, 6.45) is 1.86. The van der Waals surface area contributed by atoms with Crippen LogP contribution in [0.25, 0.3) is 0 Å². The van der Waals surface area contributed by atoms with E-state index in [0.717, 1.165) is 30.0 Å². The van der Waals surface area contributed by atoms with Crippen LogP contribution in [0.4, 0.5) is 5.69 Å². The lowest BCUT2D eigenvalue weighted by Gasteiger charge is -2.22. The minimum atomic E-state index is 0.740. The maximum absolute atomic E-state index is 5.05. The Bertz CT molecular complexity index is 263. The Kier molecular flexibility index (Phi) is 4.90. The molecule has 1 aromatic rings. The van der Waals surface area contributed by atoms with Gasteiger partial charge in [-0.3, -0.25) is 0 Å². The summed E-state index contributed by atoms with van der Waals surface area (Å²) in [6.45, 7) is 4.73. The maximum atomic E-state index is 5.05. The molecule has 1 aromatic heterocycles. The first kappa shape index (κ1) is 11.5. The van der Waals surface area contributed by atoms with Crippen molar-refractivity contribution >= 4 is 21.6 Å². The van der Waals surface area contributed by atoms with Gasteiger partial charge in [0.25, 0.3) is 0 Å². The zero-order valence-electron chi connectivity index (χ0n) is 8.53. The van der Waals surface area contributed by atoms with Crippen molar-refractivity contribution in [2.45, 2.75) is 6.92 Å². The van der Waals surface area contributed by atoms with Crippen LogP contribution in [0.15, 0.2) is 22.9 Å². The van der Waals surface area contributed by atoms with Gasteiger partial charge in [-0.05, 0) is 35.0 Å². The molecule has 0 aromatic carbocycles. The lowest BCUT2D eigenvalue weighted by molar-refractivity contribution is 0.205. The van der Waals surface area contributed by atoms with E-state index >= 15 is 0 Å². The van der Waals surface area contributed by atoms with Crippen LogP contribution in [-0.4, -0.2) is 31.8 Å². The van der Waals surface area contributed by atoms with Crippen LogP contribution in [0, 0.1) is 0 Å². The van der Waals surface area contributed by atoms with Gasteiger partial charge >= 0.3 is 0 Å². The average Bonchev–Trinajstić information content (AvgIpc) is 2.21. The molecule has 0 atom stereocenters. The van der Waals surface area contributed by atoms with Crippen molar-refractivity contribution in [2.24, 2.45) is 0 Å². The van der Waals surface area contributed by atoms with Crippen molar-refractivity contribution in [1.82, 2.24) is 4.98 Å². The summed E-state index contributed by atoms with van der Waals surface area (Å²) in [5.41, 5.74) is 1.13. The lowest BCUT2D eigenvalue weighted by atomic mass is 10.3. The van der Waals surface area contributed by atoms with E-state index in [2.05, 4.69) is 38.8 Å². The molecule has 3 nitrogen and oxygen atoms in total. The molecule has 0 aliphatic heterocycles. The van der Waals surface area contributed by atoms with Crippen LogP contribution in [0.1, 0.15) is 6.92 Å². The van der Waals surface area contributed by atoms with Gasteiger partial charge in [-0.2, -0.15) is 0 Å². The highest BCUT2D eigenvalue weighted by atomic mass is 79.9. The Hall–Kier alpha value is -0.610. The number of rotatable bonds is 5. The van der Waals surface area contributed by atoms with Crippen LogP contribution < -0.4 is 4.90 Å². The van der Waals surface area contributed by atoms with Crippen molar-refractivity contribution in [2.75, 3.05) is 31.7 Å². The molecule has 0 saturated heterocycles. The molecule has 14 heavy (non-hydrogen) atoms. The predicted octanol–water partition coefficient (Wildman–Crippen LogP) is 2.32. The highest BCUT2D eigenvalue weighted by Crippen LogP contribution is 2.14. The van der Waals surface area contributed by atoms with Crippen LogP contribution >= 0.6 is 15.9 Å². The second kappa shape index (κ2) is 5.98. The zero-order chi connectivity index (χ0) is 10.4. The maximum Gasteiger partial charge on any atom is 0.106 e. The normalized spacial score (nSPS) is 10.2. The first-order valence-corrected chi connectivity index (χ1v) is 5.42. The summed E-state index contributed by atoms with van der Waals surface area (Å²) in [5.74, 6) is 0. The second-order valence-electron chi connectivity index (χ2n) is 2.91. The smallest absolute Gasteiger partial charge is 0.106 e. The molecule has 78 valence electrons. The van der Waals surface area contributed by atoms with Crippen molar-refractivity contribution in [1.29, 1.82) is 0 Å². The Morgan fingerprint density at radius 1 is 1.50 bits per heavy atom. The Balaban J connectivity index is 2.64. The minimum Gasteiger partial charge on any atom is -0.383 e. The van der Waals surface area contributed by atoms with Crippen LogP contribution in [0.5, 0.6) is 0 Å². The van der Waals surface area contributed by atoms with E-state index in [1.165, 1.54) is 0 Å². The molecular weight excluding hydrogens is 244 g/mol. The number of ether oxygens (including phenoxy) is 1. The molecule has 4 heteroatoms. The van der Waals surface area contributed by atoms with Crippen molar-refractivity contribution in [3.05, 3.63) is 22.9 Å². The van der Waals surface area contributed by atoms with Crippen LogP contribution in [0.3, 0.4) is 0 Å². The molecule has 1 heterocycles. The van der Waals surface area contributed by atoms with Gasteiger partial charge in [0.15, 0.2) is 0 Å². The molecule has 0 bridgehead atoms. The number of nitrogens with zero attached hydrogens (tertiary/aromatic N) is 2. The Morgan fingerprint density at radius 3 is 2.79 bits per heavy atom. The molecule has 0 fully saturated rings. The minimum absolute atomic E-state index is 0.740. The number of aromatic nitrogens is 1. The topological polar surface area (TPSA) is 25.4 Å². The van der Waals surface area contributed by atoms with Gasteiger partial charge in [0.2, 0.25) is 0 Å². The second-order valence-corrected chi connectivity index (χ2v) is 3.72. The molecule has 0 aliphatic rings.